The van der Waals surface area contributed by atoms with Crippen LogP contribution in [0.2, 0.25) is 0 Å². The van der Waals surface area contributed by atoms with E-state index in [0.717, 1.165) is 12.1 Å². The van der Waals surface area contributed by atoms with Crippen LogP contribution in [0.15, 0.2) is 5.16 Å². The van der Waals surface area contributed by atoms with E-state index in [-0.39, 0.29) is 5.41 Å². The summed E-state index contributed by atoms with van der Waals surface area (Å²) in [7, 11) is 0. The monoisotopic (exact) mass is 167 g/mol. The first-order chi connectivity index (χ1) is 5.58. The fourth-order valence-corrected chi connectivity index (χ4v) is 3.05. The summed E-state index contributed by atoms with van der Waals surface area (Å²) in [5.41, 5.74) is 1.81. The Labute approximate surface area is 73.7 Å². The Bertz CT molecular complexity index is 236. The van der Waals surface area contributed by atoms with Crippen LogP contribution in [0.25, 0.3) is 0 Å². The molecular weight excluding hydrogens is 150 g/mol. The molecule has 2 heteroatoms. The van der Waals surface area contributed by atoms with E-state index in [1.165, 1.54) is 25.7 Å². The topological polar surface area (TPSA) is 32.6 Å². The summed E-state index contributed by atoms with van der Waals surface area (Å²) in [6, 6.07) is 0. The van der Waals surface area contributed by atoms with Crippen molar-refractivity contribution in [1.29, 1.82) is 0 Å². The van der Waals surface area contributed by atoms with Gasteiger partial charge in [0.25, 0.3) is 0 Å². The molecule has 2 rings (SSSR count). The van der Waals surface area contributed by atoms with E-state index in [1.807, 2.05) is 0 Å². The zero-order valence-electron chi connectivity index (χ0n) is 7.93. The average Bonchev–Trinajstić information content (AvgIpc) is 2.24. The highest BCUT2D eigenvalue weighted by atomic mass is 16.4. The molecule has 12 heavy (non-hydrogen) atoms. The molecule has 2 saturated carbocycles. The maximum Gasteiger partial charge on any atom is 0.0630 e. The minimum absolute atomic E-state index is 0.224. The van der Waals surface area contributed by atoms with Crippen molar-refractivity contribution in [3.05, 3.63) is 0 Å². The molecule has 1 N–H and O–H groups in total. The molecule has 2 aliphatic rings. The SMILES string of the molecule is CC12CCC(=NO)C(C)(CC1)C2. The second-order valence-corrected chi connectivity index (χ2v) is 5.09. The van der Waals surface area contributed by atoms with Crippen molar-refractivity contribution >= 4 is 5.71 Å². The third kappa shape index (κ3) is 0.970. The van der Waals surface area contributed by atoms with Crippen LogP contribution >= 0.6 is 0 Å². The maximum absolute atomic E-state index is 8.85. The Morgan fingerprint density at radius 2 is 2.00 bits per heavy atom. The van der Waals surface area contributed by atoms with Gasteiger partial charge in [0.1, 0.15) is 0 Å². The van der Waals surface area contributed by atoms with Gasteiger partial charge in [-0.05, 0) is 37.5 Å². The smallest absolute Gasteiger partial charge is 0.0630 e. The molecule has 0 heterocycles. The summed E-state index contributed by atoms with van der Waals surface area (Å²) in [6.45, 7) is 4.61. The van der Waals surface area contributed by atoms with Gasteiger partial charge in [-0.2, -0.15) is 0 Å². The van der Waals surface area contributed by atoms with Crippen LogP contribution in [0.4, 0.5) is 0 Å². The zero-order chi connectivity index (χ0) is 8.82. The molecule has 0 spiro atoms. The lowest BCUT2D eigenvalue weighted by molar-refractivity contribution is 0.247. The first-order valence-electron chi connectivity index (χ1n) is 4.79. The first-order valence-corrected chi connectivity index (χ1v) is 4.79. The largest absolute Gasteiger partial charge is 0.411 e. The Morgan fingerprint density at radius 3 is 2.67 bits per heavy atom. The lowest BCUT2D eigenvalue weighted by Gasteiger charge is -2.35. The number of hydrogen-bond acceptors (Lipinski definition) is 2. The highest BCUT2D eigenvalue weighted by molar-refractivity contribution is 5.90. The number of hydrogen-bond donors (Lipinski definition) is 1. The van der Waals surface area contributed by atoms with Crippen molar-refractivity contribution in [2.24, 2.45) is 16.0 Å². The first kappa shape index (κ1) is 8.09. The molecule has 2 unspecified atom stereocenters. The lowest BCUT2D eigenvalue weighted by Crippen LogP contribution is -2.32. The van der Waals surface area contributed by atoms with Gasteiger partial charge >= 0.3 is 0 Å². The predicted octanol–water partition coefficient (Wildman–Crippen LogP) is 2.81. The van der Waals surface area contributed by atoms with E-state index in [4.69, 9.17) is 5.21 Å². The molecule has 2 atom stereocenters. The summed E-state index contributed by atoms with van der Waals surface area (Å²) in [5, 5.41) is 12.3. The van der Waals surface area contributed by atoms with Crippen LogP contribution < -0.4 is 0 Å². The van der Waals surface area contributed by atoms with E-state index in [9.17, 15) is 0 Å². The van der Waals surface area contributed by atoms with Gasteiger partial charge in [0, 0.05) is 5.41 Å². The molecular formula is C10H17NO. The predicted molar refractivity (Wildman–Crippen MR) is 48.5 cm³/mol. The fourth-order valence-electron chi connectivity index (χ4n) is 3.05. The third-order valence-corrected chi connectivity index (χ3v) is 3.88. The van der Waals surface area contributed by atoms with E-state index in [0.29, 0.717) is 5.41 Å². The van der Waals surface area contributed by atoms with Gasteiger partial charge < -0.3 is 5.21 Å². The van der Waals surface area contributed by atoms with Crippen molar-refractivity contribution < 1.29 is 5.21 Å². The molecule has 68 valence electrons. The van der Waals surface area contributed by atoms with Crippen LogP contribution in [0, 0.1) is 10.8 Å². The van der Waals surface area contributed by atoms with Gasteiger partial charge in [0.15, 0.2) is 0 Å². The lowest BCUT2D eigenvalue weighted by atomic mass is 9.70. The van der Waals surface area contributed by atoms with Crippen LogP contribution in [-0.2, 0) is 0 Å². The molecule has 0 aromatic heterocycles. The van der Waals surface area contributed by atoms with Crippen molar-refractivity contribution in [3.8, 4) is 0 Å². The summed E-state index contributed by atoms with van der Waals surface area (Å²) < 4.78 is 0. The van der Waals surface area contributed by atoms with Crippen LogP contribution in [0.1, 0.15) is 46.0 Å². The molecule has 0 aliphatic heterocycles. The quantitative estimate of drug-likeness (QED) is 0.436. The van der Waals surface area contributed by atoms with Crippen LogP contribution in [-0.4, -0.2) is 10.9 Å². The highest BCUT2D eigenvalue weighted by Gasteiger charge is 2.49. The van der Waals surface area contributed by atoms with Crippen molar-refractivity contribution in [2.45, 2.75) is 46.0 Å². The minimum atomic E-state index is 0.224. The highest BCUT2D eigenvalue weighted by Crippen LogP contribution is 2.56. The normalized spacial score (nSPS) is 50.0. The third-order valence-electron chi connectivity index (χ3n) is 3.88. The van der Waals surface area contributed by atoms with E-state index in [2.05, 4.69) is 19.0 Å². The van der Waals surface area contributed by atoms with Crippen molar-refractivity contribution in [3.63, 3.8) is 0 Å². The molecule has 2 bridgehead atoms. The standard InChI is InChI=1S/C10H17NO/c1-9-4-3-8(11-12)10(2,7-9)6-5-9/h12H,3-7H2,1-2H3. The second-order valence-electron chi connectivity index (χ2n) is 5.09. The Hall–Kier alpha value is -0.530. The van der Waals surface area contributed by atoms with Gasteiger partial charge in [-0.15, -0.1) is 0 Å². The van der Waals surface area contributed by atoms with Gasteiger partial charge in [-0.25, -0.2) is 0 Å². The van der Waals surface area contributed by atoms with Gasteiger partial charge in [-0.1, -0.05) is 19.0 Å². The molecule has 0 radical (unpaired) electrons. The Kier molecular flexibility index (Phi) is 1.51. The summed E-state index contributed by atoms with van der Waals surface area (Å²) >= 11 is 0. The molecule has 0 aromatic rings. The Morgan fingerprint density at radius 1 is 1.25 bits per heavy atom. The molecule has 0 saturated heterocycles. The molecule has 0 amide bonds. The molecule has 0 aromatic carbocycles. The van der Waals surface area contributed by atoms with Crippen LogP contribution in [0.3, 0.4) is 0 Å². The fraction of sp³-hybridized carbons (Fsp3) is 0.900. The summed E-state index contributed by atoms with van der Waals surface area (Å²) in [4.78, 5) is 0. The number of rotatable bonds is 0. The van der Waals surface area contributed by atoms with E-state index in [1.54, 1.807) is 0 Å². The zero-order valence-corrected chi connectivity index (χ0v) is 7.93. The average molecular weight is 167 g/mol. The maximum atomic E-state index is 8.85. The second kappa shape index (κ2) is 2.24. The summed E-state index contributed by atoms with van der Waals surface area (Å²) in [5.74, 6) is 0. The van der Waals surface area contributed by atoms with E-state index >= 15 is 0 Å². The number of oxime groups is 1. The van der Waals surface area contributed by atoms with Crippen LogP contribution in [0.5, 0.6) is 0 Å². The number of fused-ring (bicyclic) bond motifs is 2. The Balaban J connectivity index is 2.30. The molecule has 2 fully saturated rings. The molecule has 2 aliphatic carbocycles. The number of nitrogens with zero attached hydrogens (tertiary/aromatic N) is 1. The van der Waals surface area contributed by atoms with Gasteiger partial charge in [-0.3, -0.25) is 0 Å². The molecule has 2 nitrogen and oxygen atoms in total. The summed E-state index contributed by atoms with van der Waals surface area (Å²) in [6.07, 6.45) is 5.95. The minimum Gasteiger partial charge on any atom is -0.411 e. The van der Waals surface area contributed by atoms with Gasteiger partial charge in [0.05, 0.1) is 5.71 Å². The van der Waals surface area contributed by atoms with Crippen molar-refractivity contribution in [1.82, 2.24) is 0 Å². The van der Waals surface area contributed by atoms with Gasteiger partial charge in [0.2, 0.25) is 0 Å². The van der Waals surface area contributed by atoms with Crippen molar-refractivity contribution in [2.75, 3.05) is 0 Å². The van der Waals surface area contributed by atoms with E-state index < -0.39 is 0 Å².